The molecule has 1 nitrogen and oxygen atoms in total. The largest absolute Gasteiger partial charge is 0.326 e. The summed E-state index contributed by atoms with van der Waals surface area (Å²) in [5, 5.41) is 0. The highest BCUT2D eigenvalue weighted by atomic mass is 79.9. The Hall–Kier alpha value is 0.240. The van der Waals surface area contributed by atoms with Gasteiger partial charge in [0.25, 0.3) is 0 Å². The molecule has 0 unspecified atom stereocenters. The molecule has 1 aromatic rings. The van der Waals surface area contributed by atoms with E-state index >= 15 is 0 Å². The third kappa shape index (κ3) is 4.64. The van der Waals surface area contributed by atoms with Gasteiger partial charge in [-0.2, -0.15) is 0 Å². The smallest absolute Gasteiger partial charge is 0.0178 e. The zero-order valence-electron chi connectivity index (χ0n) is 5.79. The first-order valence-corrected chi connectivity index (χ1v) is 3.57. The lowest BCUT2D eigenvalue weighted by Gasteiger charge is -1.93. The van der Waals surface area contributed by atoms with Crippen molar-refractivity contribution in [3.8, 4) is 0 Å². The lowest BCUT2D eigenvalue weighted by molar-refractivity contribution is 1.07. The van der Waals surface area contributed by atoms with Crippen LogP contribution in [0.4, 0.5) is 0 Å². The topological polar surface area (TPSA) is 26.0 Å². The van der Waals surface area contributed by atoms with Crippen molar-refractivity contribution in [1.82, 2.24) is 0 Å². The van der Waals surface area contributed by atoms with E-state index in [9.17, 15) is 0 Å². The van der Waals surface area contributed by atoms with E-state index in [0.717, 1.165) is 4.47 Å². The minimum absolute atomic E-state index is 0. The molecule has 0 fully saturated rings. The standard InChI is InChI=1S/C7H8BrN.2ClH/c8-7-3-1-6(5-9)2-4-7;;/h1-4H,5,9H2;2*1H. The molecule has 64 valence electrons. The molecule has 0 aliphatic rings. The van der Waals surface area contributed by atoms with Gasteiger partial charge in [-0.15, -0.1) is 24.8 Å². The summed E-state index contributed by atoms with van der Waals surface area (Å²) < 4.78 is 1.10. The van der Waals surface area contributed by atoms with Crippen molar-refractivity contribution < 1.29 is 0 Å². The van der Waals surface area contributed by atoms with E-state index in [1.807, 2.05) is 24.3 Å². The van der Waals surface area contributed by atoms with Gasteiger partial charge in [0, 0.05) is 11.0 Å². The summed E-state index contributed by atoms with van der Waals surface area (Å²) in [5.41, 5.74) is 6.55. The van der Waals surface area contributed by atoms with Crippen LogP contribution in [0.1, 0.15) is 5.56 Å². The Morgan fingerprint density at radius 3 is 1.91 bits per heavy atom. The molecule has 1 aromatic carbocycles. The van der Waals surface area contributed by atoms with E-state index in [0.29, 0.717) is 6.54 Å². The fourth-order valence-corrected chi connectivity index (χ4v) is 0.885. The van der Waals surface area contributed by atoms with E-state index in [1.54, 1.807) is 0 Å². The van der Waals surface area contributed by atoms with Crippen molar-refractivity contribution in [3.05, 3.63) is 34.3 Å². The molecule has 4 heteroatoms. The maximum absolute atomic E-state index is 5.38. The van der Waals surface area contributed by atoms with Gasteiger partial charge in [0.05, 0.1) is 0 Å². The first-order chi connectivity index (χ1) is 4.33. The molecule has 0 spiro atoms. The van der Waals surface area contributed by atoms with Gasteiger partial charge in [0.2, 0.25) is 0 Å². The van der Waals surface area contributed by atoms with E-state index in [4.69, 9.17) is 5.73 Å². The number of hydrogen-bond donors (Lipinski definition) is 1. The maximum atomic E-state index is 5.38. The van der Waals surface area contributed by atoms with Crippen LogP contribution in [0, 0.1) is 0 Å². The van der Waals surface area contributed by atoms with Gasteiger partial charge in [-0.25, -0.2) is 0 Å². The molecule has 0 atom stereocenters. The average Bonchev–Trinajstić information content (AvgIpc) is 1.90. The van der Waals surface area contributed by atoms with Crippen LogP contribution >= 0.6 is 40.7 Å². The lowest BCUT2D eigenvalue weighted by Crippen LogP contribution is -1.94. The lowest BCUT2D eigenvalue weighted by atomic mass is 10.2. The fraction of sp³-hybridized carbons (Fsp3) is 0.143. The highest BCUT2D eigenvalue weighted by Gasteiger charge is 1.86. The molecule has 2 N–H and O–H groups in total. The Morgan fingerprint density at radius 2 is 1.55 bits per heavy atom. The second-order valence-electron chi connectivity index (χ2n) is 1.83. The van der Waals surface area contributed by atoms with Crippen LogP contribution < -0.4 is 5.73 Å². The van der Waals surface area contributed by atoms with E-state index < -0.39 is 0 Å². The Morgan fingerprint density at radius 1 is 1.09 bits per heavy atom. The molecule has 0 heterocycles. The number of halogens is 3. The van der Waals surface area contributed by atoms with Crippen LogP contribution in [0.5, 0.6) is 0 Å². The summed E-state index contributed by atoms with van der Waals surface area (Å²) in [4.78, 5) is 0. The molecular formula is C7H10BrCl2N. The van der Waals surface area contributed by atoms with Crippen LogP contribution in [0.3, 0.4) is 0 Å². The SMILES string of the molecule is Cl.Cl.NCc1ccc(Br)cc1. The van der Waals surface area contributed by atoms with E-state index in [2.05, 4.69) is 15.9 Å². The molecule has 0 radical (unpaired) electrons. The minimum Gasteiger partial charge on any atom is -0.326 e. The summed E-state index contributed by atoms with van der Waals surface area (Å²) >= 11 is 3.33. The predicted octanol–water partition coefficient (Wildman–Crippen LogP) is 2.75. The summed E-state index contributed by atoms with van der Waals surface area (Å²) in [5.74, 6) is 0. The van der Waals surface area contributed by atoms with E-state index in [-0.39, 0.29) is 24.8 Å². The average molecular weight is 259 g/mol. The van der Waals surface area contributed by atoms with Gasteiger partial charge in [-0.05, 0) is 17.7 Å². The van der Waals surface area contributed by atoms with Gasteiger partial charge in [-0.1, -0.05) is 28.1 Å². The number of nitrogens with two attached hydrogens (primary N) is 1. The van der Waals surface area contributed by atoms with Gasteiger partial charge >= 0.3 is 0 Å². The maximum Gasteiger partial charge on any atom is 0.0178 e. The number of benzene rings is 1. The zero-order chi connectivity index (χ0) is 6.69. The predicted molar refractivity (Wildman–Crippen MR) is 56.5 cm³/mol. The van der Waals surface area contributed by atoms with Gasteiger partial charge in [-0.3, -0.25) is 0 Å². The Bertz CT molecular complexity index is 188. The van der Waals surface area contributed by atoms with Crippen molar-refractivity contribution in [3.63, 3.8) is 0 Å². The zero-order valence-corrected chi connectivity index (χ0v) is 9.01. The molecular weight excluding hydrogens is 249 g/mol. The van der Waals surface area contributed by atoms with Crippen LogP contribution in [-0.2, 0) is 6.54 Å². The second kappa shape index (κ2) is 6.92. The molecule has 0 saturated carbocycles. The molecule has 0 aromatic heterocycles. The Kier molecular flexibility index (Phi) is 8.68. The summed E-state index contributed by atoms with van der Waals surface area (Å²) in [6, 6.07) is 7.98. The van der Waals surface area contributed by atoms with Crippen molar-refractivity contribution in [2.45, 2.75) is 6.54 Å². The highest BCUT2D eigenvalue weighted by molar-refractivity contribution is 9.10. The third-order valence-corrected chi connectivity index (χ3v) is 1.68. The fourth-order valence-electron chi connectivity index (χ4n) is 0.620. The highest BCUT2D eigenvalue weighted by Crippen LogP contribution is 2.09. The van der Waals surface area contributed by atoms with Crippen LogP contribution in [0.2, 0.25) is 0 Å². The van der Waals surface area contributed by atoms with Crippen LogP contribution in [-0.4, -0.2) is 0 Å². The summed E-state index contributed by atoms with van der Waals surface area (Å²) in [6.45, 7) is 0.618. The molecule has 11 heavy (non-hydrogen) atoms. The second-order valence-corrected chi connectivity index (χ2v) is 2.75. The van der Waals surface area contributed by atoms with E-state index in [1.165, 1.54) is 5.56 Å². The minimum atomic E-state index is 0. The third-order valence-electron chi connectivity index (χ3n) is 1.15. The molecule has 0 bridgehead atoms. The number of hydrogen-bond acceptors (Lipinski definition) is 1. The molecule has 0 saturated heterocycles. The molecule has 1 rings (SSSR count). The quantitative estimate of drug-likeness (QED) is 0.824. The first-order valence-electron chi connectivity index (χ1n) is 2.77. The summed E-state index contributed by atoms with van der Waals surface area (Å²) in [7, 11) is 0. The van der Waals surface area contributed by atoms with Crippen molar-refractivity contribution >= 4 is 40.7 Å². The summed E-state index contributed by atoms with van der Waals surface area (Å²) in [6.07, 6.45) is 0. The van der Waals surface area contributed by atoms with Crippen LogP contribution in [0.15, 0.2) is 28.7 Å². The Balaban J connectivity index is 0. The van der Waals surface area contributed by atoms with Crippen LogP contribution in [0.25, 0.3) is 0 Å². The monoisotopic (exact) mass is 257 g/mol. The van der Waals surface area contributed by atoms with Gasteiger partial charge in [0.1, 0.15) is 0 Å². The number of rotatable bonds is 1. The Labute approximate surface area is 87.3 Å². The first kappa shape index (κ1) is 13.8. The molecule has 0 aliphatic carbocycles. The van der Waals surface area contributed by atoms with Gasteiger partial charge in [0.15, 0.2) is 0 Å². The van der Waals surface area contributed by atoms with Crippen molar-refractivity contribution in [2.24, 2.45) is 5.73 Å². The van der Waals surface area contributed by atoms with Crippen molar-refractivity contribution in [2.75, 3.05) is 0 Å². The van der Waals surface area contributed by atoms with Crippen molar-refractivity contribution in [1.29, 1.82) is 0 Å². The normalized spacial score (nSPS) is 7.82. The molecule has 0 amide bonds. The molecule has 0 aliphatic heterocycles. The van der Waals surface area contributed by atoms with Gasteiger partial charge < -0.3 is 5.73 Å².